The van der Waals surface area contributed by atoms with Gasteiger partial charge in [0.05, 0.1) is 7.11 Å². The van der Waals surface area contributed by atoms with E-state index < -0.39 is 0 Å². The van der Waals surface area contributed by atoms with E-state index in [1.54, 1.807) is 0 Å². The number of aliphatic hydroxyl groups excluding tert-OH is 1. The van der Waals surface area contributed by atoms with Gasteiger partial charge in [-0.05, 0) is 24.7 Å². The summed E-state index contributed by atoms with van der Waals surface area (Å²) in [7, 11) is 3.34. The van der Waals surface area contributed by atoms with Crippen molar-refractivity contribution in [2.24, 2.45) is 11.8 Å². The van der Waals surface area contributed by atoms with Crippen LogP contribution in [0.1, 0.15) is 52.4 Å². The summed E-state index contributed by atoms with van der Waals surface area (Å²) in [6.07, 6.45) is 7.23. The SMILES string of the molecule is [CH2]OCC[C@@H](CO)CCCCCC(C)C. The molecule has 0 aromatic carbocycles. The minimum Gasteiger partial charge on any atom is -0.396 e. The molecule has 0 spiro atoms. The predicted octanol–water partition coefficient (Wildman–Crippen LogP) is 3.40. The van der Waals surface area contributed by atoms with Crippen molar-refractivity contribution >= 4 is 0 Å². The van der Waals surface area contributed by atoms with Crippen molar-refractivity contribution in [3.63, 3.8) is 0 Å². The van der Waals surface area contributed by atoms with Crippen molar-refractivity contribution in [2.45, 2.75) is 52.4 Å². The van der Waals surface area contributed by atoms with Crippen LogP contribution in [-0.4, -0.2) is 18.3 Å². The molecule has 0 aliphatic carbocycles. The molecule has 0 fully saturated rings. The third-order valence-corrected chi connectivity index (χ3v) is 2.82. The van der Waals surface area contributed by atoms with Gasteiger partial charge in [-0.1, -0.05) is 39.5 Å². The lowest BCUT2D eigenvalue weighted by Crippen LogP contribution is -2.08. The number of hydrogen-bond donors (Lipinski definition) is 1. The largest absolute Gasteiger partial charge is 0.396 e. The zero-order valence-corrected chi connectivity index (χ0v) is 10.4. The molecule has 0 aromatic heterocycles. The third kappa shape index (κ3) is 10.2. The van der Waals surface area contributed by atoms with Gasteiger partial charge in [-0.25, -0.2) is 0 Å². The summed E-state index contributed by atoms with van der Waals surface area (Å²) >= 11 is 0. The first-order chi connectivity index (χ1) is 7.20. The van der Waals surface area contributed by atoms with Crippen molar-refractivity contribution in [2.75, 3.05) is 13.2 Å². The normalized spacial score (nSPS) is 13.4. The van der Waals surface area contributed by atoms with Crippen LogP contribution in [-0.2, 0) is 4.74 Å². The summed E-state index contributed by atoms with van der Waals surface area (Å²) < 4.78 is 4.77. The molecule has 0 unspecified atom stereocenters. The number of ether oxygens (including phenoxy) is 1. The molecule has 0 bridgehead atoms. The van der Waals surface area contributed by atoms with E-state index in [1.165, 1.54) is 25.7 Å². The van der Waals surface area contributed by atoms with Gasteiger partial charge in [-0.2, -0.15) is 0 Å². The maximum Gasteiger partial charge on any atom is 0.0700 e. The van der Waals surface area contributed by atoms with Crippen molar-refractivity contribution in [3.8, 4) is 0 Å². The van der Waals surface area contributed by atoms with Crippen LogP contribution in [0.3, 0.4) is 0 Å². The van der Waals surface area contributed by atoms with Gasteiger partial charge in [-0.3, -0.25) is 0 Å². The molecule has 91 valence electrons. The molecule has 0 amide bonds. The molecule has 0 aromatic rings. The summed E-state index contributed by atoms with van der Waals surface area (Å²) in [5, 5.41) is 9.12. The molecule has 2 heteroatoms. The van der Waals surface area contributed by atoms with E-state index in [-0.39, 0.29) is 6.61 Å². The van der Waals surface area contributed by atoms with Crippen molar-refractivity contribution in [3.05, 3.63) is 7.11 Å². The summed E-state index contributed by atoms with van der Waals surface area (Å²) in [5.41, 5.74) is 0. The van der Waals surface area contributed by atoms with E-state index in [0.29, 0.717) is 12.5 Å². The lowest BCUT2D eigenvalue weighted by atomic mass is 9.97. The van der Waals surface area contributed by atoms with Gasteiger partial charge >= 0.3 is 0 Å². The van der Waals surface area contributed by atoms with Crippen LogP contribution in [0.25, 0.3) is 0 Å². The first kappa shape index (κ1) is 14.9. The number of unbranched alkanes of at least 4 members (excludes halogenated alkanes) is 2. The molecule has 0 rings (SSSR count). The summed E-state index contributed by atoms with van der Waals surface area (Å²) in [4.78, 5) is 0. The first-order valence-electron chi connectivity index (χ1n) is 6.18. The molecule has 2 nitrogen and oxygen atoms in total. The second-order valence-electron chi connectivity index (χ2n) is 4.78. The summed E-state index contributed by atoms with van der Waals surface area (Å²) in [6.45, 7) is 5.48. The first-order valence-corrected chi connectivity index (χ1v) is 6.18. The van der Waals surface area contributed by atoms with Gasteiger partial charge < -0.3 is 9.84 Å². The smallest absolute Gasteiger partial charge is 0.0700 e. The van der Waals surface area contributed by atoms with E-state index in [9.17, 15) is 0 Å². The Kier molecular flexibility index (Phi) is 10.4. The zero-order chi connectivity index (χ0) is 11.5. The minimum absolute atomic E-state index is 0.285. The van der Waals surface area contributed by atoms with Crippen molar-refractivity contribution < 1.29 is 9.84 Å². The molecular formula is C13H27O2. The van der Waals surface area contributed by atoms with Crippen LogP contribution < -0.4 is 0 Å². The second-order valence-corrected chi connectivity index (χ2v) is 4.78. The highest BCUT2D eigenvalue weighted by Gasteiger charge is 2.06. The number of rotatable bonds is 10. The Hall–Kier alpha value is -0.0800. The van der Waals surface area contributed by atoms with Crippen LogP contribution in [0.5, 0.6) is 0 Å². The molecule has 0 heterocycles. The minimum atomic E-state index is 0.285. The van der Waals surface area contributed by atoms with Crippen LogP contribution in [0.2, 0.25) is 0 Å². The average molecular weight is 215 g/mol. The maximum absolute atomic E-state index is 9.12. The van der Waals surface area contributed by atoms with Gasteiger partial charge in [0.2, 0.25) is 0 Å². The fraction of sp³-hybridized carbons (Fsp3) is 0.923. The molecule has 1 atom stereocenters. The second kappa shape index (κ2) is 10.4. The van der Waals surface area contributed by atoms with Crippen molar-refractivity contribution in [1.29, 1.82) is 0 Å². The standard InChI is InChI=1S/C13H27O2/c1-12(2)7-5-4-6-8-13(11-14)9-10-15-3/h12-14H,3-11H2,1-2H3/t13-/m0/s1. The molecule has 15 heavy (non-hydrogen) atoms. The van der Waals surface area contributed by atoms with Crippen LogP contribution in [0.15, 0.2) is 0 Å². The third-order valence-electron chi connectivity index (χ3n) is 2.82. The topological polar surface area (TPSA) is 29.5 Å². The summed E-state index contributed by atoms with van der Waals surface area (Å²) in [5.74, 6) is 1.23. The van der Waals surface area contributed by atoms with Crippen LogP contribution in [0, 0.1) is 18.9 Å². The van der Waals surface area contributed by atoms with Gasteiger partial charge in [0.1, 0.15) is 0 Å². The Balaban J connectivity index is 3.30. The molecular weight excluding hydrogens is 188 g/mol. The van der Waals surface area contributed by atoms with E-state index in [4.69, 9.17) is 9.84 Å². The Bertz CT molecular complexity index is 124. The predicted molar refractivity (Wildman–Crippen MR) is 64.4 cm³/mol. The van der Waals surface area contributed by atoms with E-state index >= 15 is 0 Å². The fourth-order valence-corrected chi connectivity index (χ4v) is 1.74. The van der Waals surface area contributed by atoms with Gasteiger partial charge in [0.25, 0.3) is 0 Å². The highest BCUT2D eigenvalue weighted by molar-refractivity contribution is 4.58. The summed E-state index contributed by atoms with van der Waals surface area (Å²) in [6, 6.07) is 0. The quantitative estimate of drug-likeness (QED) is 0.566. The Labute approximate surface area is 95.0 Å². The molecule has 0 aliphatic rings. The van der Waals surface area contributed by atoms with Gasteiger partial charge in [-0.15, -0.1) is 0 Å². The van der Waals surface area contributed by atoms with E-state index in [2.05, 4.69) is 21.0 Å². The fourth-order valence-electron chi connectivity index (χ4n) is 1.74. The molecule has 1 radical (unpaired) electrons. The van der Waals surface area contributed by atoms with Crippen molar-refractivity contribution in [1.82, 2.24) is 0 Å². The molecule has 0 saturated carbocycles. The molecule has 1 N–H and O–H groups in total. The highest BCUT2D eigenvalue weighted by Crippen LogP contribution is 2.15. The molecule has 0 saturated heterocycles. The molecule has 0 aliphatic heterocycles. The van der Waals surface area contributed by atoms with Crippen LogP contribution >= 0.6 is 0 Å². The number of hydrogen-bond acceptors (Lipinski definition) is 2. The maximum atomic E-state index is 9.12. The van der Waals surface area contributed by atoms with E-state index in [1.807, 2.05) is 0 Å². The Morgan fingerprint density at radius 2 is 1.73 bits per heavy atom. The average Bonchev–Trinajstić information content (AvgIpc) is 2.21. The van der Waals surface area contributed by atoms with Gasteiger partial charge in [0, 0.05) is 13.2 Å². The Morgan fingerprint density at radius 1 is 1.07 bits per heavy atom. The van der Waals surface area contributed by atoms with Crippen LogP contribution in [0.4, 0.5) is 0 Å². The van der Waals surface area contributed by atoms with Gasteiger partial charge in [0.15, 0.2) is 0 Å². The van der Waals surface area contributed by atoms with E-state index in [0.717, 1.165) is 18.8 Å². The lowest BCUT2D eigenvalue weighted by Gasteiger charge is -2.13. The Morgan fingerprint density at radius 3 is 2.27 bits per heavy atom. The lowest BCUT2D eigenvalue weighted by molar-refractivity contribution is 0.161. The monoisotopic (exact) mass is 215 g/mol. The number of aliphatic hydroxyl groups is 1. The highest BCUT2D eigenvalue weighted by atomic mass is 16.5. The zero-order valence-electron chi connectivity index (χ0n) is 10.4.